The summed E-state index contributed by atoms with van der Waals surface area (Å²) in [6.45, 7) is 1.56. The van der Waals surface area contributed by atoms with Gasteiger partial charge in [-0.15, -0.1) is 0 Å². The summed E-state index contributed by atoms with van der Waals surface area (Å²) in [5.74, 6) is -1.33. The van der Waals surface area contributed by atoms with Gasteiger partial charge in [0.15, 0.2) is 11.5 Å². The van der Waals surface area contributed by atoms with Crippen LogP contribution in [0.25, 0.3) is 0 Å². The molecule has 1 unspecified atom stereocenters. The normalized spacial score (nSPS) is 12.6. The molecule has 1 atom stereocenters. The van der Waals surface area contributed by atoms with E-state index < -0.39 is 17.7 Å². The van der Waals surface area contributed by atoms with E-state index in [1.165, 1.54) is 13.2 Å². The van der Waals surface area contributed by atoms with Gasteiger partial charge in [-0.05, 0) is 28.9 Å². The van der Waals surface area contributed by atoms with Gasteiger partial charge in [-0.1, -0.05) is 0 Å². The Balaban J connectivity index is 3.21. The highest BCUT2D eigenvalue weighted by Gasteiger charge is 2.17. The number of benzene rings is 1. The summed E-state index contributed by atoms with van der Waals surface area (Å²) in [5.41, 5.74) is 0.343. The van der Waals surface area contributed by atoms with Gasteiger partial charge in [0, 0.05) is 12.0 Å². The first-order valence-electron chi connectivity index (χ1n) is 4.39. The first-order chi connectivity index (χ1) is 6.97. The average molecular weight is 279 g/mol. The van der Waals surface area contributed by atoms with Gasteiger partial charge < -0.3 is 14.9 Å². The predicted molar refractivity (Wildman–Crippen MR) is 57.7 cm³/mol. The quantitative estimate of drug-likeness (QED) is 0.892. The number of phenols is 1. The van der Waals surface area contributed by atoms with Crippen molar-refractivity contribution in [3.05, 3.63) is 21.9 Å². The molecule has 2 N–H and O–H groups in total. The van der Waals surface area contributed by atoms with Crippen molar-refractivity contribution in [2.75, 3.05) is 7.11 Å². The molecular formula is C10H12BrFO3. The van der Waals surface area contributed by atoms with E-state index in [-0.39, 0.29) is 12.2 Å². The van der Waals surface area contributed by atoms with Gasteiger partial charge >= 0.3 is 0 Å². The number of halogens is 2. The van der Waals surface area contributed by atoms with Crippen molar-refractivity contribution in [1.82, 2.24) is 0 Å². The third kappa shape index (κ3) is 2.60. The molecule has 1 rings (SSSR count). The Morgan fingerprint density at radius 1 is 1.60 bits per heavy atom. The van der Waals surface area contributed by atoms with Gasteiger partial charge in [-0.2, -0.15) is 4.39 Å². The molecular weight excluding hydrogens is 267 g/mol. The minimum Gasteiger partial charge on any atom is -0.505 e. The van der Waals surface area contributed by atoms with E-state index in [9.17, 15) is 9.50 Å². The molecule has 0 amide bonds. The van der Waals surface area contributed by atoms with E-state index >= 15 is 0 Å². The van der Waals surface area contributed by atoms with Crippen LogP contribution < -0.4 is 4.74 Å². The molecule has 0 aliphatic heterocycles. The third-order valence-corrected chi connectivity index (χ3v) is 2.54. The summed E-state index contributed by atoms with van der Waals surface area (Å²) >= 11 is 3.12. The molecule has 15 heavy (non-hydrogen) atoms. The van der Waals surface area contributed by atoms with Crippen molar-refractivity contribution >= 4 is 15.9 Å². The Bertz CT molecular complexity index is 366. The number of aromatic hydroxyl groups is 1. The lowest BCUT2D eigenvalue weighted by Crippen LogP contribution is -2.05. The van der Waals surface area contributed by atoms with Crippen molar-refractivity contribution in [2.45, 2.75) is 19.4 Å². The Labute approximate surface area is 95.6 Å². The molecule has 0 radical (unpaired) electrons. The third-order valence-electron chi connectivity index (χ3n) is 1.95. The average Bonchev–Trinajstić information content (AvgIpc) is 2.14. The topological polar surface area (TPSA) is 49.7 Å². The minimum absolute atomic E-state index is 0.0400. The maximum absolute atomic E-state index is 13.5. The van der Waals surface area contributed by atoms with Gasteiger partial charge in [0.05, 0.1) is 17.7 Å². The van der Waals surface area contributed by atoms with Gasteiger partial charge in [-0.25, -0.2) is 0 Å². The first-order valence-corrected chi connectivity index (χ1v) is 5.18. The van der Waals surface area contributed by atoms with Crippen LogP contribution in [0.15, 0.2) is 10.5 Å². The van der Waals surface area contributed by atoms with Gasteiger partial charge in [0.2, 0.25) is 5.82 Å². The molecule has 1 aromatic rings. The van der Waals surface area contributed by atoms with Crippen molar-refractivity contribution in [3.63, 3.8) is 0 Å². The van der Waals surface area contributed by atoms with Crippen LogP contribution in [0.1, 0.15) is 12.5 Å². The molecule has 1 aromatic carbocycles. The van der Waals surface area contributed by atoms with E-state index in [4.69, 9.17) is 9.84 Å². The monoisotopic (exact) mass is 278 g/mol. The van der Waals surface area contributed by atoms with Gasteiger partial charge in [0.1, 0.15) is 0 Å². The van der Waals surface area contributed by atoms with E-state index in [2.05, 4.69) is 15.9 Å². The van der Waals surface area contributed by atoms with Crippen LogP contribution in [-0.2, 0) is 6.42 Å². The standard InChI is InChI=1S/C10H12BrFO3/c1-5(13)3-6-4-7(11)10(15-2)8(12)9(6)14/h4-5,13-14H,3H2,1-2H3. The highest BCUT2D eigenvalue weighted by Crippen LogP contribution is 2.36. The van der Waals surface area contributed by atoms with Crippen LogP contribution in [0.3, 0.4) is 0 Å². The number of hydrogen-bond acceptors (Lipinski definition) is 3. The number of hydrogen-bond donors (Lipinski definition) is 2. The zero-order valence-electron chi connectivity index (χ0n) is 8.42. The second-order valence-corrected chi connectivity index (χ2v) is 4.12. The van der Waals surface area contributed by atoms with Crippen LogP contribution >= 0.6 is 15.9 Å². The number of ether oxygens (including phenoxy) is 1. The summed E-state index contributed by atoms with van der Waals surface area (Å²) < 4.78 is 18.7. The maximum Gasteiger partial charge on any atom is 0.208 e. The summed E-state index contributed by atoms with van der Waals surface area (Å²) in [6.07, 6.45) is -0.457. The summed E-state index contributed by atoms with van der Waals surface area (Å²) in [4.78, 5) is 0. The molecule has 0 saturated heterocycles. The number of aliphatic hydroxyl groups excluding tert-OH is 1. The number of aliphatic hydroxyl groups is 1. The fourth-order valence-electron chi connectivity index (χ4n) is 1.30. The molecule has 3 nitrogen and oxygen atoms in total. The van der Waals surface area contributed by atoms with E-state index in [1.807, 2.05) is 0 Å². The molecule has 0 aliphatic rings. The lowest BCUT2D eigenvalue weighted by atomic mass is 10.1. The molecule has 0 saturated carbocycles. The molecule has 0 bridgehead atoms. The van der Waals surface area contributed by atoms with Crippen LogP contribution in [0.2, 0.25) is 0 Å². The summed E-state index contributed by atoms with van der Waals surface area (Å²) in [5, 5.41) is 18.7. The van der Waals surface area contributed by atoms with E-state index in [0.29, 0.717) is 10.0 Å². The van der Waals surface area contributed by atoms with Gasteiger partial charge in [-0.3, -0.25) is 0 Å². The molecule has 0 aromatic heterocycles. The molecule has 84 valence electrons. The lowest BCUT2D eigenvalue weighted by Gasteiger charge is -2.12. The maximum atomic E-state index is 13.5. The molecule has 5 heteroatoms. The number of methoxy groups -OCH3 is 1. The smallest absolute Gasteiger partial charge is 0.208 e. The Morgan fingerprint density at radius 3 is 2.67 bits per heavy atom. The van der Waals surface area contributed by atoms with E-state index in [0.717, 1.165) is 0 Å². The van der Waals surface area contributed by atoms with Crippen molar-refractivity contribution in [3.8, 4) is 11.5 Å². The second kappa shape index (κ2) is 4.81. The minimum atomic E-state index is -0.817. The highest BCUT2D eigenvalue weighted by molar-refractivity contribution is 9.10. The van der Waals surface area contributed by atoms with Crippen molar-refractivity contribution in [1.29, 1.82) is 0 Å². The summed E-state index contributed by atoms with van der Waals surface area (Å²) in [7, 11) is 1.32. The molecule has 0 aliphatic carbocycles. The van der Waals surface area contributed by atoms with Crippen molar-refractivity contribution in [2.24, 2.45) is 0 Å². The van der Waals surface area contributed by atoms with Crippen LogP contribution in [0.4, 0.5) is 4.39 Å². The largest absolute Gasteiger partial charge is 0.505 e. The van der Waals surface area contributed by atoms with Crippen LogP contribution in [0, 0.1) is 5.82 Å². The van der Waals surface area contributed by atoms with Crippen LogP contribution in [-0.4, -0.2) is 23.4 Å². The zero-order chi connectivity index (χ0) is 11.6. The number of rotatable bonds is 3. The Kier molecular flexibility index (Phi) is 3.93. The fourth-order valence-corrected chi connectivity index (χ4v) is 1.91. The Hall–Kier alpha value is -0.810. The lowest BCUT2D eigenvalue weighted by molar-refractivity contribution is 0.194. The fraction of sp³-hybridized carbons (Fsp3) is 0.400. The molecule has 0 heterocycles. The first kappa shape index (κ1) is 12.3. The highest BCUT2D eigenvalue weighted by atomic mass is 79.9. The summed E-state index contributed by atoms with van der Waals surface area (Å²) in [6, 6.07) is 1.53. The van der Waals surface area contributed by atoms with E-state index in [1.54, 1.807) is 6.92 Å². The molecule has 0 spiro atoms. The predicted octanol–water partition coefficient (Wildman–Crippen LogP) is 2.23. The van der Waals surface area contributed by atoms with Crippen LogP contribution in [0.5, 0.6) is 11.5 Å². The number of phenolic OH excluding ortho intramolecular Hbond substituents is 1. The zero-order valence-corrected chi connectivity index (χ0v) is 10.0. The second-order valence-electron chi connectivity index (χ2n) is 3.27. The van der Waals surface area contributed by atoms with Gasteiger partial charge in [0.25, 0.3) is 0 Å². The SMILES string of the molecule is COc1c(Br)cc(CC(C)O)c(O)c1F. The Morgan fingerprint density at radius 2 is 2.20 bits per heavy atom. The molecule has 0 fully saturated rings. The van der Waals surface area contributed by atoms with Crippen molar-refractivity contribution < 1.29 is 19.3 Å².